The Bertz CT molecular complexity index is 1090. The molecule has 0 bridgehead atoms. The predicted octanol–water partition coefficient (Wildman–Crippen LogP) is 3.93. The van der Waals surface area contributed by atoms with Crippen LogP contribution in [0.4, 0.5) is 10.5 Å². The number of hydrogen-bond acceptors (Lipinski definition) is 6. The molecule has 0 spiro atoms. The van der Waals surface area contributed by atoms with E-state index in [9.17, 15) is 14.4 Å². The molecule has 1 aliphatic rings. The van der Waals surface area contributed by atoms with Crippen molar-refractivity contribution in [1.29, 1.82) is 0 Å². The fourth-order valence-corrected chi connectivity index (χ4v) is 3.80. The maximum Gasteiger partial charge on any atom is 0.335 e. The molecule has 1 heterocycles. The molecule has 1 aliphatic heterocycles. The Labute approximate surface area is 199 Å². The van der Waals surface area contributed by atoms with Gasteiger partial charge in [0.25, 0.3) is 11.8 Å². The van der Waals surface area contributed by atoms with Gasteiger partial charge in [0.15, 0.2) is 11.5 Å². The number of hydrogen-bond donors (Lipinski definition) is 1. The molecule has 0 unspecified atom stereocenters. The lowest BCUT2D eigenvalue weighted by Crippen LogP contribution is -2.54. The van der Waals surface area contributed by atoms with Gasteiger partial charge >= 0.3 is 6.03 Å². The molecule has 2 aromatic carbocycles. The van der Waals surface area contributed by atoms with Crippen LogP contribution in [0.25, 0.3) is 6.08 Å². The quantitative estimate of drug-likeness (QED) is 0.233. The minimum atomic E-state index is -0.818. The van der Waals surface area contributed by atoms with E-state index in [-0.39, 0.29) is 5.57 Å². The van der Waals surface area contributed by atoms with E-state index in [1.807, 2.05) is 6.92 Å². The van der Waals surface area contributed by atoms with Crippen LogP contribution in [0.1, 0.15) is 12.5 Å². The molecule has 2 aromatic rings. The summed E-state index contributed by atoms with van der Waals surface area (Å²) in [5.74, 6) is 0.0647. The van der Waals surface area contributed by atoms with Crippen molar-refractivity contribution in [3.63, 3.8) is 0 Å². The number of barbiturate groups is 1. The Morgan fingerprint density at radius 3 is 2.47 bits per heavy atom. The van der Waals surface area contributed by atoms with Crippen molar-refractivity contribution in [2.24, 2.45) is 0 Å². The van der Waals surface area contributed by atoms with Crippen LogP contribution >= 0.6 is 22.6 Å². The lowest BCUT2D eigenvalue weighted by Gasteiger charge is -2.26. The second kappa shape index (κ2) is 10.3. The molecule has 0 radical (unpaired) electrons. The second-order valence-corrected chi connectivity index (χ2v) is 7.68. The van der Waals surface area contributed by atoms with Crippen molar-refractivity contribution in [1.82, 2.24) is 5.32 Å². The Balaban J connectivity index is 1.97. The number of ether oxygens (including phenoxy) is 3. The van der Waals surface area contributed by atoms with Gasteiger partial charge in [-0.3, -0.25) is 14.9 Å². The lowest BCUT2D eigenvalue weighted by molar-refractivity contribution is -0.122. The van der Waals surface area contributed by atoms with Gasteiger partial charge < -0.3 is 14.2 Å². The molecule has 0 atom stereocenters. The molecule has 4 amide bonds. The standard InChI is InChI=1S/C23H21IN2O6/c1-4-10-32-20-18(24)12-14(13-19(20)30-3)11-17-21(27)25-23(29)26(22(17)28)15-6-8-16(9-7-15)31-5-2/h4,6-9,11-13H,1,5,10H2,2-3H3,(H,25,27,29)/b17-11+. The summed E-state index contributed by atoms with van der Waals surface area (Å²) < 4.78 is 17.1. The van der Waals surface area contributed by atoms with Crippen LogP contribution in [-0.2, 0) is 9.59 Å². The number of carbonyl (C=O) groups excluding carboxylic acids is 3. The molecule has 1 saturated heterocycles. The smallest absolute Gasteiger partial charge is 0.335 e. The van der Waals surface area contributed by atoms with E-state index in [1.54, 1.807) is 42.5 Å². The van der Waals surface area contributed by atoms with Gasteiger partial charge in [0, 0.05) is 0 Å². The van der Waals surface area contributed by atoms with Gasteiger partial charge in [-0.1, -0.05) is 12.7 Å². The zero-order valence-electron chi connectivity index (χ0n) is 17.5. The van der Waals surface area contributed by atoms with Crippen LogP contribution in [0.3, 0.4) is 0 Å². The Kier molecular flexibility index (Phi) is 7.52. The van der Waals surface area contributed by atoms with Crippen LogP contribution in [0.2, 0.25) is 0 Å². The van der Waals surface area contributed by atoms with Crippen molar-refractivity contribution in [2.45, 2.75) is 6.92 Å². The van der Waals surface area contributed by atoms with Crippen LogP contribution in [0.15, 0.2) is 54.6 Å². The third-order valence-electron chi connectivity index (χ3n) is 4.42. The molecule has 32 heavy (non-hydrogen) atoms. The minimum absolute atomic E-state index is 0.184. The number of nitrogens with zero attached hydrogens (tertiary/aromatic N) is 1. The molecule has 1 N–H and O–H groups in total. The monoisotopic (exact) mass is 548 g/mol. The van der Waals surface area contributed by atoms with Crippen molar-refractivity contribution < 1.29 is 28.6 Å². The van der Waals surface area contributed by atoms with Gasteiger partial charge in [0.1, 0.15) is 17.9 Å². The molecule has 0 saturated carbocycles. The molecular weight excluding hydrogens is 527 g/mol. The Morgan fingerprint density at radius 2 is 1.84 bits per heavy atom. The van der Waals surface area contributed by atoms with E-state index in [0.717, 1.165) is 8.47 Å². The van der Waals surface area contributed by atoms with Crippen molar-refractivity contribution >= 4 is 52.2 Å². The maximum absolute atomic E-state index is 13.1. The highest BCUT2D eigenvalue weighted by atomic mass is 127. The Hall–Kier alpha value is -3.34. The number of nitrogens with one attached hydrogen (secondary N) is 1. The number of benzene rings is 2. The molecule has 1 fully saturated rings. The van der Waals surface area contributed by atoms with Gasteiger partial charge in [-0.05, 0) is 77.6 Å². The number of rotatable bonds is 8. The zero-order chi connectivity index (χ0) is 23.3. The minimum Gasteiger partial charge on any atom is -0.494 e. The first-order chi connectivity index (χ1) is 15.4. The first-order valence-corrected chi connectivity index (χ1v) is 10.7. The predicted molar refractivity (Wildman–Crippen MR) is 128 cm³/mol. The van der Waals surface area contributed by atoms with Gasteiger partial charge in [-0.2, -0.15) is 0 Å². The number of imide groups is 2. The summed E-state index contributed by atoms with van der Waals surface area (Å²) in [4.78, 5) is 38.8. The first kappa shape index (κ1) is 23.3. The topological polar surface area (TPSA) is 94.2 Å². The van der Waals surface area contributed by atoms with Crippen molar-refractivity contribution in [3.8, 4) is 17.2 Å². The zero-order valence-corrected chi connectivity index (χ0v) is 19.7. The first-order valence-electron chi connectivity index (χ1n) is 9.65. The number of anilines is 1. The van der Waals surface area contributed by atoms with Gasteiger partial charge in [0.2, 0.25) is 0 Å². The maximum atomic E-state index is 13.1. The largest absolute Gasteiger partial charge is 0.494 e. The van der Waals surface area contributed by atoms with Gasteiger partial charge in [0.05, 0.1) is 23.0 Å². The van der Waals surface area contributed by atoms with Crippen LogP contribution in [0.5, 0.6) is 17.2 Å². The van der Waals surface area contributed by atoms with Crippen LogP contribution < -0.4 is 24.4 Å². The van der Waals surface area contributed by atoms with Gasteiger partial charge in [-0.25, -0.2) is 9.69 Å². The summed E-state index contributed by atoms with van der Waals surface area (Å²) in [7, 11) is 1.49. The molecule has 0 aliphatic carbocycles. The summed E-state index contributed by atoms with van der Waals surface area (Å²) >= 11 is 2.08. The van der Waals surface area contributed by atoms with Crippen LogP contribution in [-0.4, -0.2) is 38.2 Å². The molecule has 9 heteroatoms. The number of methoxy groups -OCH3 is 1. The highest BCUT2D eigenvalue weighted by Crippen LogP contribution is 2.35. The number of carbonyl (C=O) groups is 3. The second-order valence-electron chi connectivity index (χ2n) is 6.52. The lowest BCUT2D eigenvalue weighted by atomic mass is 10.1. The summed E-state index contributed by atoms with van der Waals surface area (Å²) in [6.45, 7) is 6.27. The van der Waals surface area contributed by atoms with E-state index >= 15 is 0 Å². The highest BCUT2D eigenvalue weighted by Gasteiger charge is 2.36. The SMILES string of the molecule is C=CCOc1c(I)cc(/C=C2\C(=O)NC(=O)N(c3ccc(OCC)cc3)C2=O)cc1OC. The van der Waals surface area contributed by atoms with E-state index in [1.165, 1.54) is 13.2 Å². The number of urea groups is 1. The number of halogens is 1. The average Bonchev–Trinajstić information content (AvgIpc) is 2.76. The van der Waals surface area contributed by atoms with Crippen molar-refractivity contribution in [3.05, 3.63) is 63.8 Å². The van der Waals surface area contributed by atoms with E-state index in [4.69, 9.17) is 14.2 Å². The summed E-state index contributed by atoms with van der Waals surface area (Å²) in [6, 6.07) is 9.02. The molecule has 3 rings (SSSR count). The highest BCUT2D eigenvalue weighted by molar-refractivity contribution is 14.1. The summed E-state index contributed by atoms with van der Waals surface area (Å²) in [5.41, 5.74) is 0.669. The average molecular weight is 548 g/mol. The molecule has 8 nitrogen and oxygen atoms in total. The molecular formula is C23H21IN2O6. The molecule has 0 aromatic heterocycles. The summed E-state index contributed by atoms with van der Waals surface area (Å²) in [5, 5.41) is 2.21. The Morgan fingerprint density at radius 1 is 1.12 bits per heavy atom. The van der Waals surface area contributed by atoms with Gasteiger partial charge in [-0.15, -0.1) is 0 Å². The number of amides is 4. The van der Waals surface area contributed by atoms with E-state index < -0.39 is 17.8 Å². The van der Waals surface area contributed by atoms with E-state index in [0.29, 0.717) is 41.7 Å². The fraction of sp³-hybridized carbons (Fsp3) is 0.174. The third kappa shape index (κ3) is 4.93. The normalized spacial score (nSPS) is 14.9. The third-order valence-corrected chi connectivity index (χ3v) is 5.22. The van der Waals surface area contributed by atoms with Crippen LogP contribution in [0, 0.1) is 3.57 Å². The van der Waals surface area contributed by atoms with Crippen molar-refractivity contribution in [2.75, 3.05) is 25.2 Å². The molecule has 166 valence electrons. The summed E-state index contributed by atoms with van der Waals surface area (Å²) in [6.07, 6.45) is 3.02. The fourth-order valence-electron chi connectivity index (χ4n) is 3.02. The van der Waals surface area contributed by atoms with E-state index in [2.05, 4.69) is 34.5 Å².